The molecule has 0 heterocycles. The number of hydrogen-bond acceptors (Lipinski definition) is 2. The van der Waals surface area contributed by atoms with E-state index in [1.165, 1.54) is 0 Å². The fourth-order valence-electron chi connectivity index (χ4n) is 2.16. The number of Topliss-reactive ketones (excluding diaryl/α,β-unsaturated/α-hetero) is 1. The number of carbonyl (C=O) groups excluding carboxylic acids is 1. The Kier molecular flexibility index (Phi) is 1.08. The van der Waals surface area contributed by atoms with E-state index in [1.54, 1.807) is 0 Å². The molecule has 0 saturated heterocycles. The molecule has 10 heavy (non-hydrogen) atoms. The predicted octanol–water partition coefficient (Wildman–Crippen LogP) is 1.13. The molecule has 2 heteroatoms. The van der Waals surface area contributed by atoms with Crippen LogP contribution in [0.3, 0.4) is 0 Å². The molecule has 2 rings (SSSR count). The molecule has 0 N–H and O–H groups in total. The van der Waals surface area contributed by atoms with Crippen LogP contribution in [0, 0.1) is 29.1 Å². The van der Waals surface area contributed by atoms with Gasteiger partial charge in [-0.05, 0) is 18.8 Å². The molecule has 2 saturated carbocycles. The maximum atomic E-state index is 11.1. The first-order valence-electron chi connectivity index (χ1n) is 3.75. The summed E-state index contributed by atoms with van der Waals surface area (Å²) < 4.78 is 0. The van der Waals surface area contributed by atoms with Gasteiger partial charge in [0.2, 0.25) is 0 Å². The molecule has 2 fully saturated rings. The second-order valence-corrected chi connectivity index (χ2v) is 3.26. The van der Waals surface area contributed by atoms with Crippen LogP contribution in [0.5, 0.6) is 0 Å². The van der Waals surface area contributed by atoms with Crippen molar-refractivity contribution in [3.05, 3.63) is 0 Å². The van der Waals surface area contributed by atoms with Gasteiger partial charge in [0.25, 0.3) is 0 Å². The molecule has 3 atom stereocenters. The Morgan fingerprint density at radius 1 is 1.60 bits per heavy atom. The summed E-state index contributed by atoms with van der Waals surface area (Å²) in [6.45, 7) is 0. The molecule has 0 spiro atoms. The summed E-state index contributed by atoms with van der Waals surface area (Å²) in [5.74, 6) is 1.13. The quantitative estimate of drug-likeness (QED) is 0.499. The lowest BCUT2D eigenvalue weighted by atomic mass is 9.67. The third-order valence-corrected chi connectivity index (χ3v) is 2.80. The SMILES string of the molecule is N#CC1CC2CCC(=O)C12. The lowest BCUT2D eigenvalue weighted by Crippen LogP contribution is -2.35. The number of nitrogens with zero attached hydrogens (tertiary/aromatic N) is 1. The summed E-state index contributed by atoms with van der Waals surface area (Å²) in [5, 5.41) is 8.55. The summed E-state index contributed by atoms with van der Waals surface area (Å²) >= 11 is 0. The molecule has 2 aliphatic carbocycles. The van der Waals surface area contributed by atoms with Gasteiger partial charge in [0.1, 0.15) is 5.78 Å². The van der Waals surface area contributed by atoms with E-state index < -0.39 is 0 Å². The Morgan fingerprint density at radius 3 is 3.00 bits per heavy atom. The van der Waals surface area contributed by atoms with Crippen LogP contribution in [0.15, 0.2) is 0 Å². The molecule has 0 bridgehead atoms. The Labute approximate surface area is 59.8 Å². The van der Waals surface area contributed by atoms with Crippen LogP contribution in [0.4, 0.5) is 0 Å². The molecule has 52 valence electrons. The van der Waals surface area contributed by atoms with E-state index in [1.807, 2.05) is 0 Å². The molecule has 0 aromatic heterocycles. The third kappa shape index (κ3) is 0.553. The van der Waals surface area contributed by atoms with E-state index in [0.29, 0.717) is 11.7 Å². The van der Waals surface area contributed by atoms with Crippen LogP contribution in [-0.2, 0) is 4.79 Å². The van der Waals surface area contributed by atoms with E-state index in [-0.39, 0.29) is 11.8 Å². The van der Waals surface area contributed by atoms with Crippen LogP contribution in [0.2, 0.25) is 0 Å². The minimum Gasteiger partial charge on any atom is -0.299 e. The van der Waals surface area contributed by atoms with Crippen molar-refractivity contribution in [3.63, 3.8) is 0 Å². The van der Waals surface area contributed by atoms with Crippen molar-refractivity contribution in [3.8, 4) is 6.07 Å². The van der Waals surface area contributed by atoms with Gasteiger partial charge in [-0.15, -0.1) is 0 Å². The monoisotopic (exact) mass is 135 g/mol. The molecule has 2 nitrogen and oxygen atoms in total. The van der Waals surface area contributed by atoms with Gasteiger partial charge in [0.15, 0.2) is 0 Å². The minimum absolute atomic E-state index is 0.0694. The van der Waals surface area contributed by atoms with Crippen LogP contribution in [-0.4, -0.2) is 5.78 Å². The van der Waals surface area contributed by atoms with Crippen molar-refractivity contribution >= 4 is 5.78 Å². The maximum Gasteiger partial charge on any atom is 0.137 e. The zero-order chi connectivity index (χ0) is 7.14. The van der Waals surface area contributed by atoms with Crippen molar-refractivity contribution in [1.82, 2.24) is 0 Å². The highest BCUT2D eigenvalue weighted by atomic mass is 16.1. The Balaban J connectivity index is 2.14. The second kappa shape index (κ2) is 1.82. The van der Waals surface area contributed by atoms with Crippen LogP contribution < -0.4 is 0 Å². The third-order valence-electron chi connectivity index (χ3n) is 2.80. The summed E-state index contributed by atoms with van der Waals surface area (Å²) in [6.07, 6.45) is 2.75. The highest BCUT2D eigenvalue weighted by Gasteiger charge is 2.49. The fourth-order valence-corrected chi connectivity index (χ4v) is 2.16. The van der Waals surface area contributed by atoms with E-state index in [0.717, 1.165) is 19.3 Å². The fraction of sp³-hybridized carbons (Fsp3) is 0.750. The van der Waals surface area contributed by atoms with Crippen molar-refractivity contribution in [1.29, 1.82) is 5.26 Å². The van der Waals surface area contributed by atoms with Crippen molar-refractivity contribution < 1.29 is 4.79 Å². The standard InChI is InChI=1S/C8H9NO/c9-4-6-3-5-1-2-7(10)8(5)6/h5-6,8H,1-3H2. The van der Waals surface area contributed by atoms with Gasteiger partial charge in [-0.3, -0.25) is 4.79 Å². The highest BCUT2D eigenvalue weighted by Crippen LogP contribution is 2.48. The first-order chi connectivity index (χ1) is 4.83. The molecule has 0 aliphatic heterocycles. The van der Waals surface area contributed by atoms with Crippen molar-refractivity contribution in [2.75, 3.05) is 0 Å². The molecule has 0 radical (unpaired) electrons. The lowest BCUT2D eigenvalue weighted by Gasteiger charge is -2.33. The zero-order valence-corrected chi connectivity index (χ0v) is 5.71. The van der Waals surface area contributed by atoms with Gasteiger partial charge in [0.05, 0.1) is 12.0 Å². The van der Waals surface area contributed by atoms with Gasteiger partial charge >= 0.3 is 0 Å². The number of rotatable bonds is 0. The van der Waals surface area contributed by atoms with E-state index in [2.05, 4.69) is 6.07 Å². The molecule has 0 aromatic carbocycles. The molecule has 3 unspecified atom stereocenters. The van der Waals surface area contributed by atoms with Gasteiger partial charge < -0.3 is 0 Å². The average molecular weight is 135 g/mol. The Morgan fingerprint density at radius 2 is 2.40 bits per heavy atom. The van der Waals surface area contributed by atoms with Crippen LogP contribution >= 0.6 is 0 Å². The van der Waals surface area contributed by atoms with Gasteiger partial charge in [-0.25, -0.2) is 0 Å². The normalized spacial score (nSPS) is 43.9. The smallest absolute Gasteiger partial charge is 0.137 e. The number of nitriles is 1. The number of hydrogen-bond donors (Lipinski definition) is 0. The summed E-state index contributed by atoms with van der Waals surface area (Å²) in [6, 6.07) is 2.18. The molecular weight excluding hydrogens is 126 g/mol. The molecular formula is C8H9NO. The Hall–Kier alpha value is -0.840. The lowest BCUT2D eigenvalue weighted by molar-refractivity contribution is -0.124. The van der Waals surface area contributed by atoms with Crippen molar-refractivity contribution in [2.45, 2.75) is 19.3 Å². The summed E-state index contributed by atoms with van der Waals surface area (Å²) in [7, 11) is 0. The molecule has 0 aromatic rings. The predicted molar refractivity (Wildman–Crippen MR) is 34.9 cm³/mol. The first kappa shape index (κ1) is 5.91. The molecule has 0 amide bonds. The van der Waals surface area contributed by atoms with Gasteiger partial charge in [-0.2, -0.15) is 5.26 Å². The first-order valence-corrected chi connectivity index (χ1v) is 3.75. The summed E-state index contributed by atoms with van der Waals surface area (Å²) in [5.41, 5.74) is 0. The minimum atomic E-state index is 0.0694. The topological polar surface area (TPSA) is 40.9 Å². The maximum absolute atomic E-state index is 11.1. The average Bonchev–Trinajstić information content (AvgIpc) is 2.09. The Bertz CT molecular complexity index is 216. The van der Waals surface area contributed by atoms with Crippen molar-refractivity contribution in [2.24, 2.45) is 17.8 Å². The van der Waals surface area contributed by atoms with Gasteiger partial charge in [-0.1, -0.05) is 0 Å². The second-order valence-electron chi connectivity index (χ2n) is 3.26. The van der Waals surface area contributed by atoms with Crippen LogP contribution in [0.25, 0.3) is 0 Å². The van der Waals surface area contributed by atoms with E-state index in [9.17, 15) is 4.79 Å². The zero-order valence-electron chi connectivity index (χ0n) is 5.71. The number of ketones is 1. The number of fused-ring (bicyclic) bond motifs is 1. The number of carbonyl (C=O) groups is 1. The van der Waals surface area contributed by atoms with E-state index >= 15 is 0 Å². The largest absolute Gasteiger partial charge is 0.299 e. The summed E-state index contributed by atoms with van der Waals surface area (Å²) in [4.78, 5) is 11.1. The van der Waals surface area contributed by atoms with Gasteiger partial charge in [0, 0.05) is 12.3 Å². The molecule has 2 aliphatic rings. The van der Waals surface area contributed by atoms with E-state index in [4.69, 9.17) is 5.26 Å². The van der Waals surface area contributed by atoms with Crippen LogP contribution in [0.1, 0.15) is 19.3 Å². The highest BCUT2D eigenvalue weighted by molar-refractivity contribution is 5.85.